The predicted octanol–water partition coefficient (Wildman–Crippen LogP) is 4.01. The molecule has 0 saturated heterocycles. The molecule has 1 aliphatic rings. The number of rotatable bonds is 6. The number of hydrogen-bond donors (Lipinski definition) is 2. The van der Waals surface area contributed by atoms with E-state index in [0.29, 0.717) is 0 Å². The zero-order chi connectivity index (χ0) is 12.7. The molecule has 0 aromatic heterocycles. The van der Waals surface area contributed by atoms with Gasteiger partial charge in [-0.3, -0.25) is 5.41 Å². The Morgan fingerprint density at radius 1 is 1.41 bits per heavy atom. The number of allylic oxidation sites excluding steroid dienone is 7. The van der Waals surface area contributed by atoms with Crippen molar-refractivity contribution in [1.82, 2.24) is 0 Å². The number of nitrogens with one attached hydrogen (secondary N) is 2. The third-order valence-corrected chi connectivity index (χ3v) is 3.26. The maximum atomic E-state index is 7.70. The minimum absolute atomic E-state index is 0.198. The van der Waals surface area contributed by atoms with E-state index in [1.807, 2.05) is 31.2 Å². The van der Waals surface area contributed by atoms with Gasteiger partial charge in [-0.05, 0) is 30.7 Å². The summed E-state index contributed by atoms with van der Waals surface area (Å²) in [4.78, 5) is 1.80. The van der Waals surface area contributed by atoms with Crippen LogP contribution in [-0.4, -0.2) is 11.9 Å². The summed E-state index contributed by atoms with van der Waals surface area (Å²) in [5, 5.41) is 14.8. The Balaban J connectivity index is 2.89. The van der Waals surface area contributed by atoms with Crippen molar-refractivity contribution < 1.29 is 0 Å². The molecule has 0 aliphatic heterocycles. The average molecular weight is 242 g/mol. The van der Waals surface area contributed by atoms with E-state index in [1.54, 1.807) is 12.2 Å². The first-order valence-electron chi connectivity index (χ1n) is 5.09. The first kappa shape index (κ1) is 13.2. The molecule has 0 saturated carbocycles. The summed E-state index contributed by atoms with van der Waals surface area (Å²) < 4.78 is 0. The monoisotopic (exact) mass is 242 g/mol. The molecule has 0 radical (unpaired) electrons. The highest BCUT2D eigenvalue weighted by Crippen LogP contribution is 2.31. The van der Waals surface area contributed by atoms with Crippen LogP contribution in [-0.2, 0) is 0 Å². The zero-order valence-corrected chi connectivity index (χ0v) is 10.5. The molecule has 0 bridgehead atoms. The normalized spacial score (nSPS) is 14.8. The van der Waals surface area contributed by atoms with Gasteiger partial charge >= 0.3 is 0 Å². The van der Waals surface area contributed by atoms with Gasteiger partial charge in [-0.2, -0.15) is 0 Å². The maximum absolute atomic E-state index is 7.70. The first-order chi connectivity index (χ1) is 8.19. The zero-order valence-electron chi connectivity index (χ0n) is 9.66. The Morgan fingerprint density at radius 2 is 2.18 bits per heavy atom. The molecule has 0 atom stereocenters. The van der Waals surface area contributed by atoms with Gasteiger partial charge in [0.15, 0.2) is 0 Å². The highest BCUT2D eigenvalue weighted by Gasteiger charge is 2.08. The molecule has 1 aliphatic carbocycles. The fourth-order valence-electron chi connectivity index (χ4n) is 1.13. The number of hydrogen-bond acceptors (Lipinski definition) is 3. The van der Waals surface area contributed by atoms with Crippen molar-refractivity contribution in [2.24, 2.45) is 0 Å². The predicted molar refractivity (Wildman–Crippen MR) is 76.9 cm³/mol. The van der Waals surface area contributed by atoms with Crippen LogP contribution < -0.4 is 0 Å². The fraction of sp³-hybridized carbons (Fsp3) is 0.0714. The molecule has 0 fully saturated rings. The Labute approximate surface area is 106 Å². The van der Waals surface area contributed by atoms with Gasteiger partial charge in [0.1, 0.15) is 0 Å². The molecule has 0 amide bonds. The molecule has 17 heavy (non-hydrogen) atoms. The standard InChI is InChI=1S/C14H14N2S/c1-3-4-5-8-14(12(16)10-15)17-13-9-6-7-11(13)2/h3-5,7-10,15-16H,1H2,2H3/b5-4-,14-8-,15-10?,16-12?. The molecule has 2 N–H and O–H groups in total. The van der Waals surface area contributed by atoms with Crippen molar-refractivity contribution in [2.75, 3.05) is 0 Å². The van der Waals surface area contributed by atoms with Crippen LogP contribution in [0.4, 0.5) is 0 Å². The minimum Gasteiger partial charge on any atom is -0.306 e. The Morgan fingerprint density at radius 3 is 2.71 bits per heavy atom. The van der Waals surface area contributed by atoms with Crippen LogP contribution in [0.5, 0.6) is 0 Å². The van der Waals surface area contributed by atoms with Gasteiger partial charge in [-0.1, -0.05) is 36.6 Å². The molecule has 0 aromatic carbocycles. The summed E-state index contributed by atoms with van der Waals surface area (Å²) in [6.07, 6.45) is 11.9. The second-order valence-electron chi connectivity index (χ2n) is 3.31. The lowest BCUT2D eigenvalue weighted by atomic mass is 10.3. The Kier molecular flexibility index (Phi) is 5.21. The van der Waals surface area contributed by atoms with E-state index < -0.39 is 0 Å². The van der Waals surface area contributed by atoms with E-state index in [9.17, 15) is 0 Å². The second-order valence-corrected chi connectivity index (χ2v) is 4.40. The summed E-state index contributed by atoms with van der Waals surface area (Å²) in [6.45, 7) is 5.59. The average Bonchev–Trinajstić information content (AvgIpc) is 2.73. The first-order valence-corrected chi connectivity index (χ1v) is 5.90. The van der Waals surface area contributed by atoms with E-state index in [2.05, 4.69) is 12.3 Å². The minimum atomic E-state index is 0.198. The van der Waals surface area contributed by atoms with E-state index in [0.717, 1.165) is 21.6 Å². The van der Waals surface area contributed by atoms with Crippen LogP contribution in [0.15, 0.2) is 64.1 Å². The van der Waals surface area contributed by atoms with Crippen molar-refractivity contribution >= 4 is 23.7 Å². The largest absolute Gasteiger partial charge is 0.306 e. The molecule has 2 nitrogen and oxygen atoms in total. The van der Waals surface area contributed by atoms with Crippen LogP contribution in [0.25, 0.3) is 0 Å². The molecule has 0 aromatic rings. The van der Waals surface area contributed by atoms with Crippen molar-refractivity contribution in [3.05, 3.63) is 64.1 Å². The SMILES string of the molecule is C=C/C=C\C=C(/SC1=C(C)C=C=C1)C(=N)C=N. The highest BCUT2D eigenvalue weighted by molar-refractivity contribution is 8.07. The van der Waals surface area contributed by atoms with Gasteiger partial charge in [0.05, 0.1) is 5.71 Å². The van der Waals surface area contributed by atoms with Crippen molar-refractivity contribution in [1.29, 1.82) is 10.8 Å². The van der Waals surface area contributed by atoms with Gasteiger partial charge in [-0.15, -0.1) is 5.73 Å². The van der Waals surface area contributed by atoms with Crippen LogP contribution in [0.3, 0.4) is 0 Å². The molecular weight excluding hydrogens is 228 g/mol. The Bertz CT molecular complexity index is 498. The van der Waals surface area contributed by atoms with Crippen LogP contribution >= 0.6 is 11.8 Å². The summed E-state index contributed by atoms with van der Waals surface area (Å²) in [5.41, 5.74) is 4.35. The van der Waals surface area contributed by atoms with Gasteiger partial charge in [0.2, 0.25) is 0 Å². The van der Waals surface area contributed by atoms with Gasteiger partial charge in [-0.25, -0.2) is 0 Å². The van der Waals surface area contributed by atoms with E-state index in [-0.39, 0.29) is 5.71 Å². The third-order valence-electron chi connectivity index (χ3n) is 2.03. The van der Waals surface area contributed by atoms with Crippen molar-refractivity contribution in [3.63, 3.8) is 0 Å². The summed E-state index contributed by atoms with van der Waals surface area (Å²) in [6, 6.07) is 0. The molecule has 0 unspecified atom stereocenters. The lowest BCUT2D eigenvalue weighted by Gasteiger charge is -2.05. The lowest BCUT2D eigenvalue weighted by molar-refractivity contribution is 1.51. The maximum Gasteiger partial charge on any atom is 0.0854 e. The highest BCUT2D eigenvalue weighted by atomic mass is 32.2. The molecule has 86 valence electrons. The summed E-state index contributed by atoms with van der Waals surface area (Å²) in [5.74, 6) is 0. The molecule has 0 spiro atoms. The molecular formula is C14H14N2S. The molecule has 1 rings (SSSR count). The quantitative estimate of drug-likeness (QED) is 0.412. The van der Waals surface area contributed by atoms with Gasteiger partial charge < -0.3 is 5.41 Å². The van der Waals surface area contributed by atoms with Gasteiger partial charge in [0, 0.05) is 16.0 Å². The topological polar surface area (TPSA) is 47.7 Å². The van der Waals surface area contributed by atoms with Gasteiger partial charge in [0.25, 0.3) is 0 Å². The second kappa shape index (κ2) is 6.69. The van der Waals surface area contributed by atoms with Crippen LogP contribution in [0.1, 0.15) is 6.92 Å². The lowest BCUT2D eigenvalue weighted by Crippen LogP contribution is -1.98. The summed E-state index contributed by atoms with van der Waals surface area (Å²) >= 11 is 1.47. The summed E-state index contributed by atoms with van der Waals surface area (Å²) in [7, 11) is 0. The fourth-order valence-corrected chi connectivity index (χ4v) is 2.03. The van der Waals surface area contributed by atoms with Crippen molar-refractivity contribution in [3.8, 4) is 0 Å². The van der Waals surface area contributed by atoms with Crippen molar-refractivity contribution in [2.45, 2.75) is 6.92 Å². The number of thioether (sulfide) groups is 1. The smallest absolute Gasteiger partial charge is 0.0854 e. The van der Waals surface area contributed by atoms with Crippen LogP contribution in [0.2, 0.25) is 0 Å². The molecule has 0 heterocycles. The Hall–Kier alpha value is -1.83. The van der Waals surface area contributed by atoms with E-state index in [4.69, 9.17) is 10.8 Å². The van der Waals surface area contributed by atoms with E-state index >= 15 is 0 Å². The van der Waals surface area contributed by atoms with E-state index in [1.165, 1.54) is 11.8 Å². The van der Waals surface area contributed by atoms with Crippen LogP contribution in [0, 0.1) is 10.8 Å². The third kappa shape index (κ3) is 3.91. The molecule has 3 heteroatoms.